The topological polar surface area (TPSA) is 98.3 Å². The first-order valence-corrected chi connectivity index (χ1v) is 5.58. The average Bonchev–Trinajstić information content (AvgIpc) is 2.71. The Bertz CT molecular complexity index is 696. The predicted molar refractivity (Wildman–Crippen MR) is 66.1 cm³/mol. The summed E-state index contributed by atoms with van der Waals surface area (Å²) in [5, 5.41) is 23.6. The first-order valence-electron chi connectivity index (χ1n) is 5.58. The molecule has 0 aliphatic rings. The van der Waals surface area contributed by atoms with Gasteiger partial charge in [-0.25, -0.2) is 9.18 Å². The Hall–Kier alpha value is -2.77. The second kappa shape index (κ2) is 5.08. The van der Waals surface area contributed by atoms with Crippen molar-refractivity contribution in [1.82, 2.24) is 9.78 Å². The van der Waals surface area contributed by atoms with Gasteiger partial charge < -0.3 is 5.11 Å². The summed E-state index contributed by atoms with van der Waals surface area (Å²) >= 11 is 0. The van der Waals surface area contributed by atoms with Crippen LogP contribution >= 0.6 is 0 Å². The maximum Gasteiger partial charge on any atom is 0.339 e. The highest BCUT2D eigenvalue weighted by Gasteiger charge is 2.18. The van der Waals surface area contributed by atoms with E-state index in [1.807, 2.05) is 0 Å². The first kappa shape index (κ1) is 13.7. The quantitative estimate of drug-likeness (QED) is 0.681. The van der Waals surface area contributed by atoms with Crippen LogP contribution in [0.3, 0.4) is 0 Å². The normalized spacial score (nSPS) is 10.5. The molecule has 0 radical (unpaired) electrons. The molecule has 0 fully saturated rings. The lowest BCUT2D eigenvalue weighted by molar-refractivity contribution is -0.385. The Morgan fingerprint density at radius 1 is 1.55 bits per heavy atom. The van der Waals surface area contributed by atoms with Crippen molar-refractivity contribution in [2.45, 2.75) is 13.5 Å². The van der Waals surface area contributed by atoms with E-state index in [9.17, 15) is 19.3 Å². The third-order valence-corrected chi connectivity index (χ3v) is 2.89. The van der Waals surface area contributed by atoms with Crippen molar-refractivity contribution in [3.05, 3.63) is 57.1 Å². The van der Waals surface area contributed by atoms with E-state index in [1.165, 1.54) is 11.6 Å². The van der Waals surface area contributed by atoms with Crippen molar-refractivity contribution in [3.8, 4) is 0 Å². The van der Waals surface area contributed by atoms with Crippen molar-refractivity contribution >= 4 is 11.7 Å². The first-order chi connectivity index (χ1) is 9.40. The molecule has 0 bridgehead atoms. The minimum absolute atomic E-state index is 0.00376. The van der Waals surface area contributed by atoms with Gasteiger partial charge in [0, 0.05) is 6.07 Å². The summed E-state index contributed by atoms with van der Waals surface area (Å²) in [5.74, 6) is -1.74. The number of aromatic nitrogens is 2. The van der Waals surface area contributed by atoms with Crippen molar-refractivity contribution in [1.29, 1.82) is 0 Å². The Morgan fingerprint density at radius 2 is 2.25 bits per heavy atom. The zero-order valence-electron chi connectivity index (χ0n) is 10.4. The van der Waals surface area contributed by atoms with E-state index in [0.29, 0.717) is 5.69 Å². The average molecular weight is 279 g/mol. The van der Waals surface area contributed by atoms with Crippen LogP contribution in [-0.4, -0.2) is 25.8 Å². The van der Waals surface area contributed by atoms with Crippen LogP contribution < -0.4 is 0 Å². The summed E-state index contributed by atoms with van der Waals surface area (Å²) in [7, 11) is 0. The molecule has 0 saturated heterocycles. The van der Waals surface area contributed by atoms with Gasteiger partial charge in [0.05, 0.1) is 28.9 Å². The number of halogens is 1. The van der Waals surface area contributed by atoms with Gasteiger partial charge in [-0.3, -0.25) is 14.8 Å². The lowest BCUT2D eigenvalue weighted by Gasteiger charge is -2.06. The molecule has 1 aromatic carbocycles. The third kappa shape index (κ3) is 2.48. The fraction of sp³-hybridized carbons (Fsp3) is 0.167. The number of carboxylic acid groups (broad SMARTS) is 1. The second-order valence-corrected chi connectivity index (χ2v) is 4.14. The summed E-state index contributed by atoms with van der Waals surface area (Å²) in [6.45, 7) is 1.45. The number of nitrogens with zero attached hydrogens (tertiary/aromatic N) is 3. The zero-order valence-corrected chi connectivity index (χ0v) is 10.4. The van der Waals surface area contributed by atoms with Gasteiger partial charge in [-0.15, -0.1) is 0 Å². The van der Waals surface area contributed by atoms with Crippen LogP contribution in [0.25, 0.3) is 0 Å². The molecule has 0 aliphatic carbocycles. The summed E-state index contributed by atoms with van der Waals surface area (Å²) in [6.07, 6.45) is 1.16. The predicted octanol–water partition coefficient (Wildman–Crippen LogP) is 1.99. The number of rotatable bonds is 4. The number of hydrogen-bond acceptors (Lipinski definition) is 4. The molecular weight excluding hydrogens is 269 g/mol. The summed E-state index contributed by atoms with van der Waals surface area (Å²) < 4.78 is 14.5. The number of carboxylic acids is 1. The molecule has 1 aromatic heterocycles. The van der Waals surface area contributed by atoms with Crippen molar-refractivity contribution in [2.75, 3.05) is 0 Å². The molecule has 20 heavy (non-hydrogen) atoms. The van der Waals surface area contributed by atoms with Crippen LogP contribution in [0.15, 0.2) is 24.4 Å². The van der Waals surface area contributed by atoms with Crippen molar-refractivity contribution in [3.63, 3.8) is 0 Å². The van der Waals surface area contributed by atoms with E-state index in [2.05, 4.69) is 5.10 Å². The largest absolute Gasteiger partial charge is 0.478 e. The molecule has 0 amide bonds. The SMILES string of the molecule is Cc1c(C(=O)O)cnn1Cc1cc(F)ccc1[N+](=O)[O-]. The van der Waals surface area contributed by atoms with Gasteiger partial charge in [0.2, 0.25) is 0 Å². The van der Waals surface area contributed by atoms with E-state index in [1.54, 1.807) is 0 Å². The van der Waals surface area contributed by atoms with E-state index >= 15 is 0 Å². The number of aromatic carboxylic acids is 1. The fourth-order valence-electron chi connectivity index (χ4n) is 1.84. The molecule has 0 unspecified atom stereocenters. The van der Waals surface area contributed by atoms with Crippen LogP contribution in [0.5, 0.6) is 0 Å². The van der Waals surface area contributed by atoms with Crippen molar-refractivity contribution < 1.29 is 19.2 Å². The Kier molecular flexibility index (Phi) is 3.47. The Labute approximate surface area is 112 Å². The number of nitro benzene ring substituents is 1. The minimum atomic E-state index is -1.14. The number of hydrogen-bond donors (Lipinski definition) is 1. The molecule has 8 heteroatoms. The van der Waals surface area contributed by atoms with Crippen LogP contribution in [0.4, 0.5) is 10.1 Å². The number of benzene rings is 1. The molecule has 0 spiro atoms. The smallest absolute Gasteiger partial charge is 0.339 e. The maximum absolute atomic E-state index is 13.2. The third-order valence-electron chi connectivity index (χ3n) is 2.89. The molecule has 0 aliphatic heterocycles. The van der Waals surface area contributed by atoms with E-state index in [4.69, 9.17) is 5.11 Å². The monoisotopic (exact) mass is 279 g/mol. The van der Waals surface area contributed by atoms with Gasteiger partial charge in [0.25, 0.3) is 5.69 Å². The molecule has 104 valence electrons. The summed E-state index contributed by atoms with van der Waals surface area (Å²) in [4.78, 5) is 21.2. The lowest BCUT2D eigenvalue weighted by Crippen LogP contribution is -2.08. The molecule has 7 nitrogen and oxygen atoms in total. The van der Waals surface area contributed by atoms with Crippen molar-refractivity contribution in [2.24, 2.45) is 0 Å². The molecule has 2 rings (SSSR count). The molecular formula is C12H10FN3O4. The number of nitro groups is 1. The lowest BCUT2D eigenvalue weighted by atomic mass is 10.1. The van der Waals surface area contributed by atoms with Gasteiger partial charge >= 0.3 is 5.97 Å². The van der Waals surface area contributed by atoms with Gasteiger partial charge in [-0.1, -0.05) is 0 Å². The Balaban J connectivity index is 2.42. The van der Waals surface area contributed by atoms with Gasteiger partial charge in [-0.2, -0.15) is 5.10 Å². The van der Waals surface area contributed by atoms with Gasteiger partial charge in [0.15, 0.2) is 0 Å². The molecule has 0 saturated carbocycles. The molecule has 0 atom stereocenters. The van der Waals surface area contributed by atoms with Gasteiger partial charge in [-0.05, 0) is 19.1 Å². The highest BCUT2D eigenvalue weighted by atomic mass is 19.1. The standard InChI is InChI=1S/C12H10FN3O4/c1-7-10(12(17)18)5-14-15(7)6-8-4-9(13)2-3-11(8)16(19)20/h2-5H,6H2,1H3,(H,17,18). The van der Waals surface area contributed by atoms with Gasteiger partial charge in [0.1, 0.15) is 11.4 Å². The summed E-state index contributed by atoms with van der Waals surface area (Å²) in [6, 6.07) is 3.11. The maximum atomic E-state index is 13.2. The van der Waals surface area contributed by atoms with Crippen LogP contribution in [0.2, 0.25) is 0 Å². The molecule has 1 N–H and O–H groups in total. The fourth-order valence-corrected chi connectivity index (χ4v) is 1.84. The highest BCUT2D eigenvalue weighted by molar-refractivity contribution is 5.88. The van der Waals surface area contributed by atoms with E-state index in [-0.39, 0.29) is 23.4 Å². The molecule has 1 heterocycles. The van der Waals surface area contributed by atoms with Crippen LogP contribution in [0.1, 0.15) is 21.6 Å². The van der Waals surface area contributed by atoms with E-state index in [0.717, 1.165) is 24.4 Å². The number of carbonyl (C=O) groups is 1. The van der Waals surface area contributed by atoms with E-state index < -0.39 is 16.7 Å². The van der Waals surface area contributed by atoms with Crippen LogP contribution in [0, 0.1) is 22.9 Å². The Morgan fingerprint density at radius 3 is 2.80 bits per heavy atom. The van der Waals surface area contributed by atoms with Crippen LogP contribution in [-0.2, 0) is 6.54 Å². The molecule has 2 aromatic rings. The highest BCUT2D eigenvalue weighted by Crippen LogP contribution is 2.21. The second-order valence-electron chi connectivity index (χ2n) is 4.14. The summed E-state index contributed by atoms with van der Waals surface area (Å²) in [5.41, 5.74) is 0.233. The zero-order chi connectivity index (χ0) is 14.9. The minimum Gasteiger partial charge on any atom is -0.478 e.